The summed E-state index contributed by atoms with van der Waals surface area (Å²) < 4.78 is 0. The molecule has 1 heterocycles. The molecule has 1 saturated heterocycles. The topological polar surface area (TPSA) is 49.4 Å². The zero-order valence-corrected chi connectivity index (χ0v) is 14.6. The van der Waals surface area contributed by atoms with E-state index in [0.717, 1.165) is 56.4 Å². The van der Waals surface area contributed by atoms with Crippen molar-refractivity contribution >= 4 is 11.8 Å². The van der Waals surface area contributed by atoms with Crippen molar-refractivity contribution in [3.63, 3.8) is 0 Å². The maximum atomic E-state index is 12.6. The second-order valence-corrected chi connectivity index (χ2v) is 7.28. The van der Waals surface area contributed by atoms with E-state index < -0.39 is 0 Å². The van der Waals surface area contributed by atoms with Crippen LogP contribution in [0.3, 0.4) is 0 Å². The van der Waals surface area contributed by atoms with Gasteiger partial charge < -0.3 is 10.2 Å². The highest BCUT2D eigenvalue weighted by Gasteiger charge is 2.26. The van der Waals surface area contributed by atoms with Gasteiger partial charge in [0.1, 0.15) is 0 Å². The first-order valence-corrected chi connectivity index (χ1v) is 9.28. The summed E-state index contributed by atoms with van der Waals surface area (Å²) in [7, 11) is 0. The van der Waals surface area contributed by atoms with Crippen molar-refractivity contribution in [1.82, 2.24) is 10.2 Å². The second-order valence-electron chi connectivity index (χ2n) is 7.28. The lowest BCUT2D eigenvalue weighted by Gasteiger charge is -2.32. The Bertz CT molecular complexity index is 585. The highest BCUT2D eigenvalue weighted by Crippen LogP contribution is 2.25. The number of benzene rings is 1. The minimum atomic E-state index is 0.140. The second kappa shape index (κ2) is 7.82. The molecule has 4 nitrogen and oxygen atoms in total. The van der Waals surface area contributed by atoms with E-state index in [0.29, 0.717) is 5.92 Å². The van der Waals surface area contributed by atoms with Gasteiger partial charge in [0.15, 0.2) is 0 Å². The molecule has 0 spiro atoms. The smallest absolute Gasteiger partial charge is 0.254 e. The first-order chi connectivity index (χ1) is 11.6. The first kappa shape index (κ1) is 17.0. The molecule has 2 aliphatic rings. The van der Waals surface area contributed by atoms with Crippen molar-refractivity contribution in [3.8, 4) is 0 Å². The quantitative estimate of drug-likeness (QED) is 0.923. The van der Waals surface area contributed by atoms with Crippen LogP contribution in [0.4, 0.5) is 0 Å². The summed E-state index contributed by atoms with van der Waals surface area (Å²) in [5, 5.41) is 3.14. The van der Waals surface area contributed by atoms with Gasteiger partial charge in [-0.3, -0.25) is 9.59 Å². The van der Waals surface area contributed by atoms with Gasteiger partial charge in [-0.25, -0.2) is 0 Å². The predicted molar refractivity (Wildman–Crippen MR) is 94.8 cm³/mol. The molecule has 2 amide bonds. The molecule has 0 bridgehead atoms. The average Bonchev–Trinajstić information content (AvgIpc) is 3.15. The van der Waals surface area contributed by atoms with Crippen LogP contribution in [0.25, 0.3) is 0 Å². The summed E-state index contributed by atoms with van der Waals surface area (Å²) in [5.41, 5.74) is 1.85. The van der Waals surface area contributed by atoms with E-state index in [9.17, 15) is 9.59 Å². The number of amides is 2. The van der Waals surface area contributed by atoms with Gasteiger partial charge in [0.25, 0.3) is 5.91 Å². The molecular formula is C20H28N2O2. The van der Waals surface area contributed by atoms with Crippen LogP contribution in [0.5, 0.6) is 0 Å². The van der Waals surface area contributed by atoms with Crippen molar-refractivity contribution in [3.05, 3.63) is 35.4 Å². The Morgan fingerprint density at radius 3 is 2.42 bits per heavy atom. The fraction of sp³-hybridized carbons (Fsp3) is 0.600. The minimum Gasteiger partial charge on any atom is -0.356 e. The number of aryl methyl sites for hydroxylation is 1. The Morgan fingerprint density at radius 1 is 1.08 bits per heavy atom. The van der Waals surface area contributed by atoms with Crippen LogP contribution >= 0.6 is 0 Å². The van der Waals surface area contributed by atoms with Crippen molar-refractivity contribution in [1.29, 1.82) is 0 Å². The lowest BCUT2D eigenvalue weighted by molar-refractivity contribution is -0.125. The zero-order chi connectivity index (χ0) is 16.9. The third-order valence-corrected chi connectivity index (χ3v) is 5.57. The molecule has 0 unspecified atom stereocenters. The van der Waals surface area contributed by atoms with Crippen molar-refractivity contribution < 1.29 is 9.59 Å². The molecule has 3 rings (SSSR count). The van der Waals surface area contributed by atoms with Crippen LogP contribution < -0.4 is 5.32 Å². The molecule has 24 heavy (non-hydrogen) atoms. The van der Waals surface area contributed by atoms with Crippen molar-refractivity contribution in [2.24, 2.45) is 11.8 Å². The van der Waals surface area contributed by atoms with Gasteiger partial charge in [-0.15, -0.1) is 0 Å². The van der Waals surface area contributed by atoms with E-state index in [1.165, 1.54) is 12.8 Å². The molecule has 1 saturated carbocycles. The Hall–Kier alpha value is -1.84. The Kier molecular flexibility index (Phi) is 5.54. The summed E-state index contributed by atoms with van der Waals surface area (Å²) in [6.45, 7) is 4.33. The number of carbonyl (C=O) groups excluding carboxylic acids is 2. The number of nitrogens with zero attached hydrogens (tertiary/aromatic N) is 1. The van der Waals surface area contributed by atoms with Crippen LogP contribution in [0.15, 0.2) is 24.3 Å². The highest BCUT2D eigenvalue weighted by molar-refractivity contribution is 5.95. The summed E-state index contributed by atoms with van der Waals surface area (Å²) in [4.78, 5) is 26.7. The summed E-state index contributed by atoms with van der Waals surface area (Å²) in [6, 6.07) is 7.78. The van der Waals surface area contributed by atoms with E-state index in [1.54, 1.807) is 0 Å². The van der Waals surface area contributed by atoms with Gasteiger partial charge >= 0.3 is 0 Å². The van der Waals surface area contributed by atoms with Gasteiger partial charge in [0, 0.05) is 31.1 Å². The number of likely N-dealkylation sites (tertiary alicyclic amines) is 1. The Labute approximate surface area is 144 Å². The van der Waals surface area contributed by atoms with Crippen molar-refractivity contribution in [2.75, 3.05) is 19.6 Å². The molecule has 4 heteroatoms. The monoisotopic (exact) mass is 328 g/mol. The molecule has 130 valence electrons. The normalized spacial score (nSPS) is 19.5. The fourth-order valence-corrected chi connectivity index (χ4v) is 3.90. The fourth-order valence-electron chi connectivity index (χ4n) is 3.90. The number of nitrogens with one attached hydrogen (secondary N) is 1. The number of rotatable bonds is 4. The van der Waals surface area contributed by atoms with E-state index in [-0.39, 0.29) is 17.7 Å². The predicted octanol–water partition coefficient (Wildman–Crippen LogP) is 3.15. The van der Waals surface area contributed by atoms with Crippen LogP contribution in [0.2, 0.25) is 0 Å². The summed E-state index contributed by atoms with van der Waals surface area (Å²) in [6.07, 6.45) is 6.44. The minimum absolute atomic E-state index is 0.140. The van der Waals surface area contributed by atoms with Crippen LogP contribution in [-0.2, 0) is 4.79 Å². The SMILES string of the molecule is Cc1ccccc1C(=O)N1CCC(CNC(=O)C2CCCC2)CC1. The molecule has 0 radical (unpaired) electrons. The maximum absolute atomic E-state index is 12.6. The van der Waals surface area contributed by atoms with Gasteiger partial charge in [-0.05, 0) is 50.2 Å². The van der Waals surface area contributed by atoms with Crippen LogP contribution in [0, 0.1) is 18.8 Å². The molecule has 2 fully saturated rings. The molecule has 1 aromatic rings. The molecule has 1 aliphatic heterocycles. The standard InChI is InChI=1S/C20H28N2O2/c1-15-6-2-5-9-18(15)20(24)22-12-10-16(11-13-22)14-21-19(23)17-7-3-4-8-17/h2,5-6,9,16-17H,3-4,7-8,10-14H2,1H3,(H,21,23). The molecule has 1 aliphatic carbocycles. The van der Waals surface area contributed by atoms with E-state index in [1.807, 2.05) is 36.1 Å². The lowest BCUT2D eigenvalue weighted by atomic mass is 9.95. The molecule has 0 aromatic heterocycles. The third kappa shape index (κ3) is 3.97. The van der Waals surface area contributed by atoms with E-state index in [4.69, 9.17) is 0 Å². The highest BCUT2D eigenvalue weighted by atomic mass is 16.2. The van der Waals surface area contributed by atoms with Gasteiger partial charge in [0.05, 0.1) is 0 Å². The largest absolute Gasteiger partial charge is 0.356 e. The molecular weight excluding hydrogens is 300 g/mol. The molecule has 1 N–H and O–H groups in total. The Balaban J connectivity index is 1.45. The van der Waals surface area contributed by atoms with E-state index in [2.05, 4.69) is 5.32 Å². The summed E-state index contributed by atoms with van der Waals surface area (Å²) in [5.74, 6) is 1.12. The van der Waals surface area contributed by atoms with Crippen molar-refractivity contribution in [2.45, 2.75) is 45.4 Å². The summed E-state index contributed by atoms with van der Waals surface area (Å²) >= 11 is 0. The van der Waals surface area contributed by atoms with E-state index >= 15 is 0 Å². The lowest BCUT2D eigenvalue weighted by Crippen LogP contribution is -2.42. The zero-order valence-electron chi connectivity index (χ0n) is 14.6. The number of carbonyl (C=O) groups is 2. The number of piperidine rings is 1. The third-order valence-electron chi connectivity index (χ3n) is 5.57. The molecule has 1 aromatic carbocycles. The van der Waals surface area contributed by atoms with Gasteiger partial charge in [-0.2, -0.15) is 0 Å². The van der Waals surface area contributed by atoms with Crippen LogP contribution in [0.1, 0.15) is 54.4 Å². The Morgan fingerprint density at radius 2 is 1.75 bits per heavy atom. The van der Waals surface area contributed by atoms with Gasteiger partial charge in [-0.1, -0.05) is 31.0 Å². The van der Waals surface area contributed by atoms with Crippen LogP contribution in [-0.4, -0.2) is 36.3 Å². The molecule has 0 atom stereocenters. The average molecular weight is 328 g/mol. The maximum Gasteiger partial charge on any atom is 0.254 e. The number of hydrogen-bond acceptors (Lipinski definition) is 2. The van der Waals surface area contributed by atoms with Gasteiger partial charge in [0.2, 0.25) is 5.91 Å². The number of hydrogen-bond donors (Lipinski definition) is 1. The first-order valence-electron chi connectivity index (χ1n) is 9.28.